The molecule has 0 saturated carbocycles. The summed E-state index contributed by atoms with van der Waals surface area (Å²) in [6.45, 7) is 0. The highest BCUT2D eigenvalue weighted by atomic mass is 35.5. The van der Waals surface area contributed by atoms with Gasteiger partial charge in [-0.15, -0.1) is 0 Å². The number of nitrogens with zero attached hydrogens (tertiary/aromatic N) is 1. The molecule has 1 aromatic heterocycles. The van der Waals surface area contributed by atoms with Gasteiger partial charge in [0.15, 0.2) is 0 Å². The van der Waals surface area contributed by atoms with Gasteiger partial charge in [-0.2, -0.15) is 0 Å². The first kappa shape index (κ1) is 20.1. The van der Waals surface area contributed by atoms with Crippen LogP contribution in [-0.2, 0) is 9.84 Å². The van der Waals surface area contributed by atoms with E-state index in [4.69, 9.17) is 34.8 Å². The van der Waals surface area contributed by atoms with Crippen LogP contribution in [0.1, 0.15) is 0 Å². The van der Waals surface area contributed by atoms with Gasteiger partial charge in [-0.05, 0) is 54.6 Å². The SMILES string of the molecule is O=S(=O)(c1cc(Cl)cc(Cl)c1)c1cc2cc(F)ccc2nc1-c1cccc(Cl)c1. The Bertz CT molecular complexity index is 1350. The van der Waals surface area contributed by atoms with Crippen molar-refractivity contribution in [2.24, 2.45) is 0 Å². The third-order valence-corrected chi connectivity index (χ3v) is 6.69. The van der Waals surface area contributed by atoms with E-state index in [-0.39, 0.29) is 25.5 Å². The van der Waals surface area contributed by atoms with Crippen LogP contribution in [0.3, 0.4) is 0 Å². The van der Waals surface area contributed by atoms with Crippen molar-refractivity contribution in [2.45, 2.75) is 9.79 Å². The van der Waals surface area contributed by atoms with Crippen LogP contribution in [0.4, 0.5) is 4.39 Å². The number of pyridine rings is 1. The lowest BCUT2D eigenvalue weighted by Crippen LogP contribution is -2.06. The number of benzene rings is 3. The second-order valence-electron chi connectivity index (χ2n) is 6.29. The Hall–Kier alpha value is -2.18. The third-order valence-electron chi connectivity index (χ3n) is 4.28. The molecule has 0 aliphatic heterocycles. The molecule has 1 heterocycles. The molecule has 0 saturated heterocycles. The molecular formula is C21H11Cl3FNO2S. The Kier molecular flexibility index (Phi) is 5.25. The minimum absolute atomic E-state index is 0.0872. The minimum Gasteiger partial charge on any atom is -0.246 e. The number of hydrogen-bond acceptors (Lipinski definition) is 3. The number of fused-ring (bicyclic) bond motifs is 1. The predicted molar refractivity (Wildman–Crippen MR) is 114 cm³/mol. The molecule has 29 heavy (non-hydrogen) atoms. The zero-order chi connectivity index (χ0) is 20.8. The highest BCUT2D eigenvalue weighted by molar-refractivity contribution is 7.91. The molecule has 4 aromatic rings. The molecule has 0 amide bonds. The van der Waals surface area contributed by atoms with Crippen molar-refractivity contribution in [3.8, 4) is 11.3 Å². The van der Waals surface area contributed by atoms with E-state index in [0.717, 1.165) is 0 Å². The Morgan fingerprint density at radius 1 is 0.793 bits per heavy atom. The second kappa shape index (κ2) is 7.58. The Labute approximate surface area is 181 Å². The van der Waals surface area contributed by atoms with Gasteiger partial charge in [0.1, 0.15) is 5.82 Å². The first-order valence-corrected chi connectivity index (χ1v) is 10.9. The van der Waals surface area contributed by atoms with Gasteiger partial charge in [0.05, 0.1) is 21.0 Å². The third kappa shape index (κ3) is 3.96. The molecule has 146 valence electrons. The van der Waals surface area contributed by atoms with Gasteiger partial charge in [0, 0.05) is 26.0 Å². The van der Waals surface area contributed by atoms with Crippen LogP contribution in [0.15, 0.2) is 76.5 Å². The summed E-state index contributed by atoms with van der Waals surface area (Å²) in [5.41, 5.74) is 1.16. The summed E-state index contributed by atoms with van der Waals surface area (Å²) in [7, 11) is -4.08. The lowest BCUT2D eigenvalue weighted by Gasteiger charge is -2.13. The van der Waals surface area contributed by atoms with E-state index >= 15 is 0 Å². The molecule has 0 N–H and O–H groups in total. The van der Waals surface area contributed by atoms with E-state index < -0.39 is 15.7 Å². The number of sulfone groups is 1. The Morgan fingerprint density at radius 2 is 1.52 bits per heavy atom. The molecule has 3 nitrogen and oxygen atoms in total. The topological polar surface area (TPSA) is 47.0 Å². The van der Waals surface area contributed by atoms with Crippen molar-refractivity contribution < 1.29 is 12.8 Å². The van der Waals surface area contributed by atoms with Crippen LogP contribution >= 0.6 is 34.8 Å². The van der Waals surface area contributed by atoms with Gasteiger partial charge < -0.3 is 0 Å². The maximum atomic E-state index is 13.7. The first-order chi connectivity index (χ1) is 13.7. The molecule has 0 bridgehead atoms. The van der Waals surface area contributed by atoms with Crippen LogP contribution in [0.25, 0.3) is 22.2 Å². The molecule has 0 spiro atoms. The Balaban J connectivity index is 2.07. The number of rotatable bonds is 3. The van der Waals surface area contributed by atoms with Gasteiger partial charge in [-0.1, -0.05) is 46.9 Å². The molecule has 0 aliphatic carbocycles. The second-order valence-corrected chi connectivity index (χ2v) is 9.52. The summed E-state index contributed by atoms with van der Waals surface area (Å²) >= 11 is 18.1. The zero-order valence-electron chi connectivity index (χ0n) is 14.5. The lowest BCUT2D eigenvalue weighted by atomic mass is 10.1. The molecule has 4 rings (SSSR count). The standard InChI is InChI=1S/C21H11Cl3FNO2S/c22-14-3-1-2-12(6-14)21-20(8-13-7-17(25)4-5-19(13)26-21)29(27,28)18-10-15(23)9-16(24)11-18/h1-11H. The van der Waals surface area contributed by atoms with Crippen LogP contribution in [-0.4, -0.2) is 13.4 Å². The van der Waals surface area contributed by atoms with Gasteiger partial charge in [-0.3, -0.25) is 0 Å². The summed E-state index contributed by atoms with van der Waals surface area (Å²) in [6, 6.07) is 16.1. The fourth-order valence-corrected chi connectivity index (χ4v) is 5.35. The smallest absolute Gasteiger partial charge is 0.208 e. The van der Waals surface area contributed by atoms with E-state index in [9.17, 15) is 12.8 Å². The minimum atomic E-state index is -4.08. The number of aromatic nitrogens is 1. The van der Waals surface area contributed by atoms with Crippen molar-refractivity contribution >= 4 is 55.5 Å². The van der Waals surface area contributed by atoms with Gasteiger partial charge >= 0.3 is 0 Å². The lowest BCUT2D eigenvalue weighted by molar-refractivity contribution is 0.596. The van der Waals surface area contributed by atoms with Crippen LogP contribution in [0.5, 0.6) is 0 Å². The normalized spacial score (nSPS) is 11.7. The maximum Gasteiger partial charge on any atom is 0.208 e. The van der Waals surface area contributed by atoms with Crippen LogP contribution in [0, 0.1) is 5.82 Å². The molecular weight excluding hydrogens is 456 g/mol. The highest BCUT2D eigenvalue weighted by Gasteiger charge is 2.25. The van der Waals surface area contributed by atoms with Crippen molar-refractivity contribution in [1.29, 1.82) is 0 Å². The van der Waals surface area contributed by atoms with E-state index in [2.05, 4.69) is 4.98 Å². The van der Waals surface area contributed by atoms with E-state index in [0.29, 0.717) is 21.5 Å². The molecule has 0 radical (unpaired) electrons. The zero-order valence-corrected chi connectivity index (χ0v) is 17.6. The van der Waals surface area contributed by atoms with E-state index in [1.807, 2.05) is 0 Å². The maximum absolute atomic E-state index is 13.7. The van der Waals surface area contributed by atoms with Crippen molar-refractivity contribution in [3.05, 3.63) is 87.6 Å². The molecule has 0 unspecified atom stereocenters. The first-order valence-electron chi connectivity index (χ1n) is 8.31. The summed E-state index contributed by atoms with van der Waals surface area (Å²) in [5.74, 6) is -0.496. The van der Waals surface area contributed by atoms with E-state index in [1.54, 1.807) is 24.3 Å². The molecule has 0 atom stereocenters. The quantitative estimate of drug-likeness (QED) is 0.332. The van der Waals surface area contributed by atoms with Crippen molar-refractivity contribution in [2.75, 3.05) is 0 Å². The molecule has 8 heteroatoms. The molecule has 0 fully saturated rings. The summed E-state index contributed by atoms with van der Waals surface area (Å²) in [4.78, 5) is 4.31. The van der Waals surface area contributed by atoms with Crippen LogP contribution < -0.4 is 0 Å². The molecule has 0 aliphatic rings. The Morgan fingerprint density at radius 3 is 2.21 bits per heavy atom. The summed E-state index contributed by atoms with van der Waals surface area (Å²) in [6.07, 6.45) is 0. The predicted octanol–water partition coefficient (Wildman–Crippen LogP) is 6.83. The summed E-state index contributed by atoms with van der Waals surface area (Å²) in [5, 5.41) is 1.14. The van der Waals surface area contributed by atoms with Gasteiger partial charge in [0.25, 0.3) is 0 Å². The van der Waals surface area contributed by atoms with Crippen molar-refractivity contribution in [3.63, 3.8) is 0 Å². The largest absolute Gasteiger partial charge is 0.246 e. The average Bonchev–Trinajstić information content (AvgIpc) is 2.66. The highest BCUT2D eigenvalue weighted by Crippen LogP contribution is 2.35. The van der Waals surface area contributed by atoms with Crippen LogP contribution in [0.2, 0.25) is 15.1 Å². The number of hydrogen-bond donors (Lipinski definition) is 0. The van der Waals surface area contributed by atoms with Gasteiger partial charge in [0.2, 0.25) is 9.84 Å². The average molecular weight is 467 g/mol. The fraction of sp³-hybridized carbons (Fsp3) is 0. The number of halogens is 4. The monoisotopic (exact) mass is 465 g/mol. The van der Waals surface area contributed by atoms with Crippen molar-refractivity contribution in [1.82, 2.24) is 4.98 Å². The fourth-order valence-electron chi connectivity index (χ4n) is 2.99. The van der Waals surface area contributed by atoms with Gasteiger partial charge in [-0.25, -0.2) is 17.8 Å². The molecule has 3 aromatic carbocycles. The van der Waals surface area contributed by atoms with E-state index in [1.165, 1.54) is 42.5 Å². The summed E-state index contributed by atoms with van der Waals surface area (Å²) < 4.78 is 40.7.